The molecule has 0 saturated heterocycles. The van der Waals surface area contributed by atoms with E-state index in [0.717, 1.165) is 33.4 Å². The zero-order valence-electron chi connectivity index (χ0n) is 26.5. The first-order chi connectivity index (χ1) is 22.2. The predicted octanol–water partition coefficient (Wildman–Crippen LogP) is 3.52. The average Bonchev–Trinajstić information content (AvgIpc) is 3.06. The second-order valence-electron chi connectivity index (χ2n) is 11.2. The van der Waals surface area contributed by atoms with Crippen molar-refractivity contribution in [3.63, 3.8) is 0 Å². The normalized spacial score (nSPS) is 11.2. The van der Waals surface area contributed by atoms with Crippen LogP contribution < -0.4 is 16.0 Å². The molecule has 2 amide bonds. The van der Waals surface area contributed by atoms with Crippen LogP contribution in [0.3, 0.4) is 0 Å². The van der Waals surface area contributed by atoms with Gasteiger partial charge in [0.1, 0.15) is 11.4 Å². The lowest BCUT2D eigenvalue weighted by molar-refractivity contribution is 0.0873. The summed E-state index contributed by atoms with van der Waals surface area (Å²) in [5, 5.41) is 36.9. The van der Waals surface area contributed by atoms with E-state index in [1.807, 2.05) is 61.2 Å². The highest BCUT2D eigenvalue weighted by atomic mass is 16.3. The number of carbonyl (C=O) groups is 2. The number of amides is 2. The molecule has 6 N–H and O–H groups in total. The number of anilines is 2. The van der Waals surface area contributed by atoms with Gasteiger partial charge in [0.2, 0.25) is 0 Å². The number of carbonyl (C=O) groups excluding carboxylic acids is 2. The van der Waals surface area contributed by atoms with Gasteiger partial charge in [-0.1, -0.05) is 36.4 Å². The standard InChI is InChI=1S/C35H42N6O5/c1-23-28(7-4-9-30(23)39-34(45)32-13-11-25(18-37-32)17-36-15-6-16-42)29-8-5-10-31(24(29)2)40-35(46)33-14-12-26(19-38-33)20-41(3)27(21-43)22-44/h4-5,7-14,18-19,27,36,42-44H,6,15-17,20-22H2,1-3H3,(H,39,45)(H,40,46). The molecular formula is C35H42N6O5. The first kappa shape index (κ1) is 34.4. The number of nitrogens with one attached hydrogen (secondary N) is 3. The minimum atomic E-state index is -0.370. The Morgan fingerprint density at radius 1 is 0.761 bits per heavy atom. The zero-order chi connectivity index (χ0) is 33.1. The van der Waals surface area contributed by atoms with Crippen molar-refractivity contribution in [3.05, 3.63) is 107 Å². The molecule has 0 saturated carbocycles. The maximum atomic E-state index is 13.1. The summed E-state index contributed by atoms with van der Waals surface area (Å²) < 4.78 is 0. The second kappa shape index (κ2) is 16.7. The zero-order valence-corrected chi connectivity index (χ0v) is 26.5. The van der Waals surface area contributed by atoms with Crippen LogP contribution in [0.25, 0.3) is 11.1 Å². The second-order valence-corrected chi connectivity index (χ2v) is 11.2. The Morgan fingerprint density at radius 2 is 1.28 bits per heavy atom. The quantitative estimate of drug-likeness (QED) is 0.109. The summed E-state index contributed by atoms with van der Waals surface area (Å²) in [6, 6.07) is 18.0. The Bertz CT molecular complexity index is 1610. The van der Waals surface area contributed by atoms with Crippen molar-refractivity contribution in [2.75, 3.05) is 44.0 Å². The van der Waals surface area contributed by atoms with Crippen LogP contribution in [0.2, 0.25) is 0 Å². The van der Waals surface area contributed by atoms with Crippen LogP contribution in [0.15, 0.2) is 73.1 Å². The van der Waals surface area contributed by atoms with Gasteiger partial charge in [0.05, 0.1) is 19.3 Å². The summed E-state index contributed by atoms with van der Waals surface area (Å²) in [4.78, 5) is 36.6. The summed E-state index contributed by atoms with van der Waals surface area (Å²) in [7, 11) is 1.80. The molecule has 46 heavy (non-hydrogen) atoms. The van der Waals surface area contributed by atoms with E-state index >= 15 is 0 Å². The maximum absolute atomic E-state index is 13.1. The van der Waals surface area contributed by atoms with E-state index < -0.39 is 0 Å². The molecule has 0 spiro atoms. The summed E-state index contributed by atoms with van der Waals surface area (Å²) in [6.45, 7) is 5.48. The molecule has 0 unspecified atom stereocenters. The summed E-state index contributed by atoms with van der Waals surface area (Å²) in [5.74, 6) is -0.662. The number of likely N-dealkylation sites (N-methyl/N-ethyl adjacent to an activating group) is 1. The number of rotatable bonds is 15. The van der Waals surface area contributed by atoms with Crippen molar-refractivity contribution in [2.24, 2.45) is 0 Å². The van der Waals surface area contributed by atoms with Gasteiger partial charge in [0.15, 0.2) is 0 Å². The predicted molar refractivity (Wildman–Crippen MR) is 179 cm³/mol. The molecule has 2 aromatic carbocycles. The SMILES string of the molecule is Cc1c(NC(=O)c2ccc(CNCCCO)cn2)cccc1-c1cccc(NC(=O)c2ccc(CN(C)C(CO)CO)cn2)c1C. The van der Waals surface area contributed by atoms with Gasteiger partial charge >= 0.3 is 0 Å². The molecule has 0 aliphatic heterocycles. The Morgan fingerprint density at radius 3 is 1.74 bits per heavy atom. The van der Waals surface area contributed by atoms with Crippen LogP contribution in [-0.2, 0) is 13.1 Å². The summed E-state index contributed by atoms with van der Waals surface area (Å²) in [5.41, 5.74) is 7.23. The molecule has 0 atom stereocenters. The van der Waals surface area contributed by atoms with E-state index in [1.54, 1.807) is 37.6 Å². The Balaban J connectivity index is 1.44. The van der Waals surface area contributed by atoms with Crippen molar-refractivity contribution in [1.29, 1.82) is 0 Å². The lowest BCUT2D eigenvalue weighted by Gasteiger charge is -2.24. The fourth-order valence-corrected chi connectivity index (χ4v) is 5.00. The number of pyridine rings is 2. The van der Waals surface area contributed by atoms with Crippen LogP contribution in [-0.4, -0.2) is 81.5 Å². The molecule has 242 valence electrons. The molecule has 11 heteroatoms. The van der Waals surface area contributed by atoms with E-state index in [4.69, 9.17) is 5.11 Å². The number of aliphatic hydroxyl groups excluding tert-OH is 3. The lowest BCUT2D eigenvalue weighted by Crippen LogP contribution is -2.37. The van der Waals surface area contributed by atoms with E-state index in [2.05, 4.69) is 25.9 Å². The number of aromatic nitrogens is 2. The third kappa shape index (κ3) is 8.81. The molecule has 11 nitrogen and oxygen atoms in total. The molecule has 4 rings (SSSR count). The van der Waals surface area contributed by atoms with E-state index in [0.29, 0.717) is 43.1 Å². The average molecular weight is 627 g/mol. The van der Waals surface area contributed by atoms with E-state index in [-0.39, 0.29) is 43.4 Å². The minimum absolute atomic E-state index is 0.139. The number of aliphatic hydroxyl groups is 3. The number of nitrogens with zero attached hydrogens (tertiary/aromatic N) is 3. The van der Waals surface area contributed by atoms with Crippen LogP contribution in [0.1, 0.15) is 49.7 Å². The van der Waals surface area contributed by atoms with Gasteiger partial charge in [-0.3, -0.25) is 24.5 Å². The van der Waals surface area contributed by atoms with Crippen LogP contribution >= 0.6 is 0 Å². The molecule has 4 aromatic rings. The molecule has 0 aliphatic carbocycles. The van der Waals surface area contributed by atoms with Crippen LogP contribution in [0, 0.1) is 13.8 Å². The lowest BCUT2D eigenvalue weighted by atomic mass is 9.94. The van der Waals surface area contributed by atoms with Crippen LogP contribution in [0.4, 0.5) is 11.4 Å². The fraction of sp³-hybridized carbons (Fsp3) is 0.314. The first-order valence-electron chi connectivity index (χ1n) is 15.2. The minimum Gasteiger partial charge on any atom is -0.396 e. The van der Waals surface area contributed by atoms with Crippen molar-refractivity contribution in [3.8, 4) is 11.1 Å². The molecule has 0 bridgehead atoms. The highest BCUT2D eigenvalue weighted by molar-refractivity contribution is 6.05. The maximum Gasteiger partial charge on any atom is 0.274 e. The van der Waals surface area contributed by atoms with Crippen molar-refractivity contribution < 1.29 is 24.9 Å². The molecular weight excluding hydrogens is 584 g/mol. The Labute approximate surface area is 269 Å². The van der Waals surface area contributed by atoms with Gasteiger partial charge in [-0.25, -0.2) is 0 Å². The van der Waals surface area contributed by atoms with Crippen molar-refractivity contribution >= 4 is 23.2 Å². The monoisotopic (exact) mass is 626 g/mol. The number of hydrogen-bond acceptors (Lipinski definition) is 9. The molecule has 0 aliphatic rings. The van der Waals surface area contributed by atoms with Gasteiger partial charge < -0.3 is 31.3 Å². The molecule has 2 heterocycles. The smallest absolute Gasteiger partial charge is 0.274 e. The Hall–Kier alpha value is -4.52. The third-order valence-corrected chi connectivity index (χ3v) is 7.89. The van der Waals surface area contributed by atoms with Gasteiger partial charge in [-0.05, 0) is 91.5 Å². The summed E-state index contributed by atoms with van der Waals surface area (Å²) >= 11 is 0. The van der Waals surface area contributed by atoms with E-state index in [9.17, 15) is 19.8 Å². The van der Waals surface area contributed by atoms with Gasteiger partial charge in [0, 0.05) is 43.5 Å². The largest absolute Gasteiger partial charge is 0.396 e. The first-order valence-corrected chi connectivity index (χ1v) is 15.2. The highest BCUT2D eigenvalue weighted by Gasteiger charge is 2.17. The van der Waals surface area contributed by atoms with Crippen molar-refractivity contribution in [1.82, 2.24) is 20.2 Å². The third-order valence-electron chi connectivity index (χ3n) is 7.89. The van der Waals surface area contributed by atoms with Gasteiger partial charge in [-0.2, -0.15) is 0 Å². The van der Waals surface area contributed by atoms with Gasteiger partial charge in [0.25, 0.3) is 11.8 Å². The van der Waals surface area contributed by atoms with Gasteiger partial charge in [-0.15, -0.1) is 0 Å². The summed E-state index contributed by atoms with van der Waals surface area (Å²) in [6.07, 6.45) is 3.96. The topological polar surface area (TPSA) is 160 Å². The number of benzene rings is 2. The van der Waals surface area contributed by atoms with Crippen LogP contribution in [0.5, 0.6) is 0 Å². The van der Waals surface area contributed by atoms with Crippen molar-refractivity contribution in [2.45, 2.75) is 39.4 Å². The molecule has 0 fully saturated rings. The number of hydrogen-bond donors (Lipinski definition) is 6. The molecule has 0 radical (unpaired) electrons. The Kier molecular flexibility index (Phi) is 12.5. The van der Waals surface area contributed by atoms with E-state index in [1.165, 1.54) is 0 Å². The molecule has 2 aromatic heterocycles. The highest BCUT2D eigenvalue weighted by Crippen LogP contribution is 2.34. The fourth-order valence-electron chi connectivity index (χ4n) is 5.00.